The van der Waals surface area contributed by atoms with Crippen LogP contribution < -0.4 is 5.32 Å². The van der Waals surface area contributed by atoms with Gasteiger partial charge in [-0.2, -0.15) is 0 Å². The van der Waals surface area contributed by atoms with Crippen molar-refractivity contribution in [2.24, 2.45) is 0 Å². The maximum Gasteiger partial charge on any atom is 0.407 e. The summed E-state index contributed by atoms with van der Waals surface area (Å²) >= 11 is 0. The third kappa shape index (κ3) is 3.92. The Kier molecular flexibility index (Phi) is 5.87. The molecule has 4 rings (SSSR count). The van der Waals surface area contributed by atoms with Crippen LogP contribution in [0, 0.1) is 11.8 Å². The first-order valence-electron chi connectivity index (χ1n) is 10.5. The number of carbonyl (C=O) groups is 3. The van der Waals surface area contributed by atoms with Crippen LogP contribution in [0.3, 0.4) is 0 Å². The van der Waals surface area contributed by atoms with Crippen LogP contribution in [0.25, 0.3) is 11.1 Å². The lowest BCUT2D eigenvalue weighted by Gasteiger charge is -2.29. The number of carboxylic acid groups (broad SMARTS) is 1. The Morgan fingerprint density at radius 2 is 1.75 bits per heavy atom. The molecule has 0 saturated carbocycles. The number of rotatable bonds is 4. The second kappa shape index (κ2) is 8.75. The molecule has 1 aliphatic carbocycles. The van der Waals surface area contributed by atoms with Gasteiger partial charge in [0.2, 0.25) is 0 Å². The first kappa shape index (κ1) is 21.4. The Hall–Kier alpha value is -3.79. The van der Waals surface area contributed by atoms with E-state index in [2.05, 4.69) is 29.3 Å². The van der Waals surface area contributed by atoms with Crippen molar-refractivity contribution in [2.45, 2.75) is 31.2 Å². The van der Waals surface area contributed by atoms with E-state index >= 15 is 0 Å². The highest BCUT2D eigenvalue weighted by Crippen LogP contribution is 2.44. The summed E-state index contributed by atoms with van der Waals surface area (Å²) in [5.41, 5.74) is 3.32. The van der Waals surface area contributed by atoms with Crippen LogP contribution in [-0.2, 0) is 14.3 Å². The van der Waals surface area contributed by atoms with Crippen LogP contribution in [0.4, 0.5) is 4.79 Å². The van der Waals surface area contributed by atoms with E-state index in [9.17, 15) is 19.5 Å². The molecule has 7 nitrogen and oxygen atoms in total. The Labute approximate surface area is 186 Å². The smallest absolute Gasteiger partial charge is 0.407 e. The third-order valence-corrected chi connectivity index (χ3v) is 6.21. The SMILES string of the molecule is C[C@]1(C(=O)O)CCCN1C(=O)C#CCNC(=O)OCC1c2ccccc2-c2ccccc21. The standard InChI is InChI=1S/C25H24N2O5/c1-25(23(29)30)13-7-15-27(25)22(28)12-6-14-26-24(31)32-16-21-19-10-4-2-8-17(19)18-9-3-5-11-20(18)21/h2-5,8-11,21H,7,13-16H2,1H3,(H,26,31)(H,29,30)/t25-/m1/s1. The average molecular weight is 432 g/mol. The second-order valence-electron chi connectivity index (χ2n) is 8.12. The molecule has 0 radical (unpaired) electrons. The molecule has 2 aromatic rings. The van der Waals surface area contributed by atoms with Crippen molar-refractivity contribution >= 4 is 18.0 Å². The lowest BCUT2D eigenvalue weighted by Crippen LogP contribution is -2.50. The molecular formula is C25H24N2O5. The summed E-state index contributed by atoms with van der Waals surface area (Å²) in [6.07, 6.45) is 0.396. The maximum atomic E-state index is 12.3. The van der Waals surface area contributed by atoms with E-state index in [1.807, 2.05) is 36.4 Å². The zero-order valence-electron chi connectivity index (χ0n) is 17.8. The number of ether oxygens (including phenoxy) is 1. The minimum Gasteiger partial charge on any atom is -0.480 e. The zero-order valence-corrected chi connectivity index (χ0v) is 17.8. The Bertz CT molecular complexity index is 1090. The molecule has 2 aromatic carbocycles. The maximum absolute atomic E-state index is 12.3. The highest BCUT2D eigenvalue weighted by Gasteiger charge is 2.45. The molecule has 32 heavy (non-hydrogen) atoms. The van der Waals surface area contributed by atoms with E-state index in [0.29, 0.717) is 19.4 Å². The number of likely N-dealkylation sites (tertiary alicyclic amines) is 1. The largest absolute Gasteiger partial charge is 0.480 e. The molecule has 0 aromatic heterocycles. The summed E-state index contributed by atoms with van der Waals surface area (Å²) in [4.78, 5) is 37.2. The van der Waals surface area contributed by atoms with Crippen LogP contribution in [0.1, 0.15) is 36.8 Å². The van der Waals surface area contributed by atoms with E-state index in [1.165, 1.54) is 11.8 Å². The molecule has 164 valence electrons. The van der Waals surface area contributed by atoms with E-state index in [4.69, 9.17) is 4.74 Å². The molecule has 1 heterocycles. The van der Waals surface area contributed by atoms with Gasteiger partial charge in [-0.3, -0.25) is 4.79 Å². The molecule has 7 heteroatoms. The van der Waals surface area contributed by atoms with Crippen molar-refractivity contribution in [3.63, 3.8) is 0 Å². The van der Waals surface area contributed by atoms with Crippen molar-refractivity contribution < 1.29 is 24.2 Å². The number of alkyl carbamates (subject to hydrolysis) is 1. The summed E-state index contributed by atoms with van der Waals surface area (Å²) < 4.78 is 5.42. The van der Waals surface area contributed by atoms with Crippen molar-refractivity contribution in [2.75, 3.05) is 19.7 Å². The predicted octanol–water partition coefficient (Wildman–Crippen LogP) is 2.99. The first-order valence-corrected chi connectivity index (χ1v) is 10.5. The molecule has 0 unspecified atom stereocenters. The van der Waals surface area contributed by atoms with Gasteiger partial charge in [0.25, 0.3) is 5.91 Å². The summed E-state index contributed by atoms with van der Waals surface area (Å²) in [7, 11) is 0. The molecule has 1 fully saturated rings. The van der Waals surface area contributed by atoms with Gasteiger partial charge in [0.1, 0.15) is 12.1 Å². The summed E-state index contributed by atoms with van der Waals surface area (Å²) in [5.74, 6) is 3.37. The average Bonchev–Trinajstić information content (AvgIpc) is 3.34. The quantitative estimate of drug-likeness (QED) is 0.724. The van der Waals surface area contributed by atoms with Crippen LogP contribution in [-0.4, -0.2) is 53.2 Å². The van der Waals surface area contributed by atoms with Gasteiger partial charge < -0.3 is 20.1 Å². The van der Waals surface area contributed by atoms with E-state index in [-0.39, 0.29) is 19.1 Å². The molecule has 0 bridgehead atoms. The fraction of sp³-hybridized carbons (Fsp3) is 0.320. The number of fused-ring (bicyclic) bond motifs is 3. The van der Waals surface area contributed by atoms with E-state index < -0.39 is 23.5 Å². The number of carbonyl (C=O) groups excluding carboxylic acids is 2. The van der Waals surface area contributed by atoms with Gasteiger partial charge in [-0.15, -0.1) is 0 Å². The number of hydrogen-bond donors (Lipinski definition) is 2. The fourth-order valence-electron chi connectivity index (χ4n) is 4.46. The number of amides is 2. The van der Waals surface area contributed by atoms with E-state index in [0.717, 1.165) is 22.3 Å². The predicted molar refractivity (Wildman–Crippen MR) is 118 cm³/mol. The first-order chi connectivity index (χ1) is 15.4. The van der Waals surface area contributed by atoms with Crippen LogP contribution in [0.5, 0.6) is 0 Å². The van der Waals surface area contributed by atoms with Gasteiger partial charge in [-0.05, 0) is 47.9 Å². The number of nitrogens with one attached hydrogen (secondary N) is 1. The third-order valence-electron chi connectivity index (χ3n) is 6.21. The zero-order chi connectivity index (χ0) is 22.7. The lowest BCUT2D eigenvalue weighted by atomic mass is 9.98. The normalized spacial score (nSPS) is 18.8. The molecule has 1 atom stereocenters. The van der Waals surface area contributed by atoms with Gasteiger partial charge in [0, 0.05) is 12.5 Å². The highest BCUT2D eigenvalue weighted by atomic mass is 16.5. The summed E-state index contributed by atoms with van der Waals surface area (Å²) in [6, 6.07) is 16.1. The Balaban J connectivity index is 1.31. The van der Waals surface area contributed by atoms with Gasteiger partial charge in [-0.25, -0.2) is 9.59 Å². The monoisotopic (exact) mass is 432 g/mol. The molecule has 0 spiro atoms. The van der Waals surface area contributed by atoms with Gasteiger partial charge in [0.05, 0.1) is 6.54 Å². The summed E-state index contributed by atoms with van der Waals surface area (Å²) in [5, 5.41) is 11.9. The van der Waals surface area contributed by atoms with Crippen LogP contribution >= 0.6 is 0 Å². The van der Waals surface area contributed by atoms with Crippen molar-refractivity contribution in [1.82, 2.24) is 10.2 Å². The molecule has 2 aliphatic rings. The number of aliphatic carboxylic acids is 1. The second-order valence-corrected chi connectivity index (χ2v) is 8.12. The minimum absolute atomic E-state index is 0.0373. The Morgan fingerprint density at radius 3 is 2.38 bits per heavy atom. The molecule has 1 aliphatic heterocycles. The number of hydrogen-bond acceptors (Lipinski definition) is 4. The fourth-order valence-corrected chi connectivity index (χ4v) is 4.46. The van der Waals surface area contributed by atoms with Crippen molar-refractivity contribution in [1.29, 1.82) is 0 Å². The number of benzene rings is 2. The lowest BCUT2D eigenvalue weighted by molar-refractivity contribution is -0.153. The molecule has 1 saturated heterocycles. The molecule has 2 amide bonds. The topological polar surface area (TPSA) is 95.9 Å². The number of carboxylic acids is 1. The van der Waals surface area contributed by atoms with Gasteiger partial charge in [-0.1, -0.05) is 54.5 Å². The van der Waals surface area contributed by atoms with E-state index in [1.54, 1.807) is 0 Å². The molecule has 2 N–H and O–H groups in total. The van der Waals surface area contributed by atoms with Crippen molar-refractivity contribution in [3.8, 4) is 23.0 Å². The van der Waals surface area contributed by atoms with Crippen molar-refractivity contribution in [3.05, 3.63) is 59.7 Å². The highest BCUT2D eigenvalue weighted by molar-refractivity contribution is 5.97. The van der Waals surface area contributed by atoms with Crippen LogP contribution in [0.2, 0.25) is 0 Å². The van der Waals surface area contributed by atoms with Gasteiger partial charge >= 0.3 is 12.1 Å². The minimum atomic E-state index is -1.23. The van der Waals surface area contributed by atoms with Gasteiger partial charge in [0.15, 0.2) is 0 Å². The molecular weight excluding hydrogens is 408 g/mol. The number of nitrogens with zero attached hydrogens (tertiary/aromatic N) is 1. The summed E-state index contributed by atoms with van der Waals surface area (Å²) in [6.45, 7) is 2.00. The van der Waals surface area contributed by atoms with Crippen LogP contribution in [0.15, 0.2) is 48.5 Å². The Morgan fingerprint density at radius 1 is 1.12 bits per heavy atom.